The molecule has 0 aromatic heterocycles. The molecule has 0 saturated heterocycles. The monoisotopic (exact) mass is 298 g/mol. The Morgan fingerprint density at radius 1 is 1.33 bits per heavy atom. The number of hydrogen-bond acceptors (Lipinski definition) is 4. The van der Waals surface area contributed by atoms with Crippen LogP contribution in [-0.4, -0.2) is 45.2 Å². The highest BCUT2D eigenvalue weighted by Crippen LogP contribution is 2.16. The summed E-state index contributed by atoms with van der Waals surface area (Å²) in [6, 6.07) is 3.11. The molecule has 0 radical (unpaired) electrons. The predicted molar refractivity (Wildman–Crippen MR) is 74.8 cm³/mol. The number of carbonyl (C=O) groups is 2. The minimum Gasteiger partial charge on any atom is -0.497 e. The first-order valence-electron chi connectivity index (χ1n) is 6.40. The predicted octanol–water partition coefficient (Wildman–Crippen LogP) is 0.715. The molecular formula is C14H19FN2O4. The Labute approximate surface area is 122 Å². The first-order chi connectivity index (χ1) is 9.99. The number of hydrogen-bond donors (Lipinski definition) is 2. The fourth-order valence-electron chi connectivity index (χ4n) is 1.58. The number of nitrogens with one attached hydrogen (secondary N) is 2. The van der Waals surface area contributed by atoms with Gasteiger partial charge in [0.25, 0.3) is 5.91 Å². The van der Waals surface area contributed by atoms with Crippen LogP contribution in [0.5, 0.6) is 5.75 Å². The molecular weight excluding hydrogens is 279 g/mol. The average molecular weight is 298 g/mol. The van der Waals surface area contributed by atoms with Gasteiger partial charge in [0.1, 0.15) is 17.6 Å². The van der Waals surface area contributed by atoms with Crippen LogP contribution in [0.2, 0.25) is 0 Å². The number of carbonyl (C=O) groups excluding carboxylic acids is 2. The van der Waals surface area contributed by atoms with Gasteiger partial charge in [0.15, 0.2) is 0 Å². The number of rotatable bonds is 7. The van der Waals surface area contributed by atoms with Gasteiger partial charge in [-0.15, -0.1) is 0 Å². The molecule has 2 N–H and O–H groups in total. The molecule has 6 nitrogen and oxygen atoms in total. The van der Waals surface area contributed by atoms with Crippen LogP contribution < -0.4 is 15.4 Å². The summed E-state index contributed by atoms with van der Waals surface area (Å²) in [6.07, 6.45) is 0. The van der Waals surface area contributed by atoms with Crippen molar-refractivity contribution in [2.24, 2.45) is 0 Å². The Kier molecular flexibility index (Phi) is 6.61. The van der Waals surface area contributed by atoms with E-state index in [0.717, 1.165) is 6.07 Å². The fraction of sp³-hybridized carbons (Fsp3) is 0.429. The summed E-state index contributed by atoms with van der Waals surface area (Å²) in [5.41, 5.74) is -0.146. The first-order valence-corrected chi connectivity index (χ1v) is 6.40. The van der Waals surface area contributed by atoms with Crippen LogP contribution in [0.3, 0.4) is 0 Å². The highest BCUT2D eigenvalue weighted by atomic mass is 19.1. The van der Waals surface area contributed by atoms with E-state index in [1.807, 2.05) is 0 Å². The molecule has 21 heavy (non-hydrogen) atoms. The Morgan fingerprint density at radius 2 is 2.05 bits per heavy atom. The van der Waals surface area contributed by atoms with Crippen LogP contribution in [0.4, 0.5) is 4.39 Å². The van der Waals surface area contributed by atoms with Crippen LogP contribution in [0.25, 0.3) is 0 Å². The topological polar surface area (TPSA) is 76.7 Å². The summed E-state index contributed by atoms with van der Waals surface area (Å²) >= 11 is 0. The van der Waals surface area contributed by atoms with Gasteiger partial charge in [0.05, 0.1) is 19.3 Å². The van der Waals surface area contributed by atoms with E-state index < -0.39 is 17.8 Å². The Balaban J connectivity index is 2.62. The lowest BCUT2D eigenvalue weighted by Gasteiger charge is -2.14. The summed E-state index contributed by atoms with van der Waals surface area (Å²) < 4.78 is 23.4. The van der Waals surface area contributed by atoms with Gasteiger partial charge in [0, 0.05) is 19.7 Å². The minimum atomic E-state index is -0.782. The SMILES string of the molecule is COCCNC(=O)C(C)NC(=O)c1ccc(OC)cc1F. The molecule has 0 aliphatic rings. The molecule has 116 valence electrons. The number of halogens is 1. The number of benzene rings is 1. The fourth-order valence-corrected chi connectivity index (χ4v) is 1.58. The van der Waals surface area contributed by atoms with E-state index >= 15 is 0 Å². The molecule has 1 atom stereocenters. The maximum atomic E-state index is 13.7. The molecule has 0 bridgehead atoms. The van der Waals surface area contributed by atoms with Crippen molar-refractivity contribution in [3.8, 4) is 5.75 Å². The zero-order chi connectivity index (χ0) is 15.8. The smallest absolute Gasteiger partial charge is 0.254 e. The summed E-state index contributed by atoms with van der Waals surface area (Å²) in [5, 5.41) is 5.01. The van der Waals surface area contributed by atoms with Crippen molar-refractivity contribution in [1.82, 2.24) is 10.6 Å². The normalized spacial score (nSPS) is 11.6. The van der Waals surface area contributed by atoms with Crippen molar-refractivity contribution in [2.75, 3.05) is 27.4 Å². The molecule has 1 unspecified atom stereocenters. The second-order valence-corrected chi connectivity index (χ2v) is 4.32. The van der Waals surface area contributed by atoms with Gasteiger partial charge in [-0.05, 0) is 19.1 Å². The Morgan fingerprint density at radius 3 is 2.62 bits per heavy atom. The molecule has 0 saturated carbocycles. The second kappa shape index (κ2) is 8.21. The minimum absolute atomic E-state index is 0.146. The van der Waals surface area contributed by atoms with Gasteiger partial charge in [-0.3, -0.25) is 9.59 Å². The largest absolute Gasteiger partial charge is 0.497 e. The molecule has 0 heterocycles. The number of amides is 2. The van der Waals surface area contributed by atoms with Gasteiger partial charge in [-0.25, -0.2) is 4.39 Å². The van der Waals surface area contributed by atoms with E-state index in [0.29, 0.717) is 18.9 Å². The standard InChI is InChI=1S/C14H19FN2O4/c1-9(13(18)16-6-7-20-2)17-14(19)11-5-4-10(21-3)8-12(11)15/h4-5,8-9H,6-7H2,1-3H3,(H,16,18)(H,17,19). The lowest BCUT2D eigenvalue weighted by Crippen LogP contribution is -2.45. The summed E-state index contributed by atoms with van der Waals surface area (Å²) in [6.45, 7) is 2.23. The molecule has 1 rings (SSSR count). The lowest BCUT2D eigenvalue weighted by molar-refractivity contribution is -0.122. The lowest BCUT2D eigenvalue weighted by atomic mass is 10.1. The van der Waals surface area contributed by atoms with Crippen molar-refractivity contribution in [1.29, 1.82) is 0 Å². The molecule has 0 spiro atoms. The van der Waals surface area contributed by atoms with Crippen LogP contribution in [-0.2, 0) is 9.53 Å². The van der Waals surface area contributed by atoms with Crippen LogP contribution in [0.1, 0.15) is 17.3 Å². The molecule has 2 amide bonds. The molecule has 7 heteroatoms. The molecule has 0 aliphatic heterocycles. The van der Waals surface area contributed by atoms with Crippen molar-refractivity contribution < 1.29 is 23.5 Å². The Bertz CT molecular complexity index is 508. The number of methoxy groups -OCH3 is 2. The molecule has 1 aromatic rings. The zero-order valence-corrected chi connectivity index (χ0v) is 12.2. The van der Waals surface area contributed by atoms with Gasteiger partial charge in [0.2, 0.25) is 5.91 Å². The average Bonchev–Trinajstić information content (AvgIpc) is 2.46. The van der Waals surface area contributed by atoms with E-state index in [2.05, 4.69) is 10.6 Å². The summed E-state index contributed by atoms with van der Waals surface area (Å²) in [7, 11) is 2.92. The van der Waals surface area contributed by atoms with E-state index in [-0.39, 0.29) is 11.5 Å². The van der Waals surface area contributed by atoms with Crippen LogP contribution >= 0.6 is 0 Å². The van der Waals surface area contributed by atoms with E-state index in [4.69, 9.17) is 9.47 Å². The summed E-state index contributed by atoms with van der Waals surface area (Å²) in [4.78, 5) is 23.6. The maximum Gasteiger partial charge on any atom is 0.254 e. The molecule has 0 fully saturated rings. The number of ether oxygens (including phenoxy) is 2. The molecule has 1 aromatic carbocycles. The quantitative estimate of drug-likeness (QED) is 0.727. The van der Waals surface area contributed by atoms with Crippen molar-refractivity contribution >= 4 is 11.8 Å². The van der Waals surface area contributed by atoms with E-state index in [1.54, 1.807) is 0 Å². The highest BCUT2D eigenvalue weighted by molar-refractivity contribution is 5.97. The van der Waals surface area contributed by atoms with Crippen LogP contribution in [0.15, 0.2) is 18.2 Å². The van der Waals surface area contributed by atoms with Crippen LogP contribution in [0, 0.1) is 5.82 Å². The Hall–Kier alpha value is -2.15. The van der Waals surface area contributed by atoms with Crippen molar-refractivity contribution in [2.45, 2.75) is 13.0 Å². The van der Waals surface area contributed by atoms with Gasteiger partial charge in [-0.2, -0.15) is 0 Å². The third kappa shape index (κ3) is 5.03. The highest BCUT2D eigenvalue weighted by Gasteiger charge is 2.18. The van der Waals surface area contributed by atoms with Gasteiger partial charge in [-0.1, -0.05) is 0 Å². The third-order valence-electron chi connectivity index (χ3n) is 2.77. The zero-order valence-electron chi connectivity index (χ0n) is 12.2. The third-order valence-corrected chi connectivity index (χ3v) is 2.77. The second-order valence-electron chi connectivity index (χ2n) is 4.32. The van der Waals surface area contributed by atoms with Gasteiger partial charge >= 0.3 is 0 Å². The maximum absolute atomic E-state index is 13.7. The first kappa shape index (κ1) is 16.9. The molecule has 0 aliphatic carbocycles. The van der Waals surface area contributed by atoms with Crippen molar-refractivity contribution in [3.63, 3.8) is 0 Å². The van der Waals surface area contributed by atoms with E-state index in [1.165, 1.54) is 33.3 Å². The van der Waals surface area contributed by atoms with E-state index in [9.17, 15) is 14.0 Å². The van der Waals surface area contributed by atoms with Crippen molar-refractivity contribution in [3.05, 3.63) is 29.6 Å². The van der Waals surface area contributed by atoms with Gasteiger partial charge < -0.3 is 20.1 Å². The summed E-state index contributed by atoms with van der Waals surface area (Å²) in [5.74, 6) is -1.42.